The molecule has 2 heterocycles. The molecular weight excluding hydrogens is 312 g/mol. The molecule has 0 bridgehead atoms. The summed E-state index contributed by atoms with van der Waals surface area (Å²) in [6, 6.07) is 7.32. The monoisotopic (exact) mass is 332 g/mol. The number of rotatable bonds is 5. The van der Waals surface area contributed by atoms with E-state index in [9.17, 15) is 9.59 Å². The lowest BCUT2D eigenvalue weighted by atomic mass is 10.1. The zero-order valence-corrected chi connectivity index (χ0v) is 13.9. The number of furan rings is 1. The van der Waals surface area contributed by atoms with Crippen LogP contribution in [0.15, 0.2) is 28.7 Å². The van der Waals surface area contributed by atoms with Crippen molar-refractivity contribution < 1.29 is 28.2 Å². The number of esters is 2. The second-order valence-corrected chi connectivity index (χ2v) is 6.14. The summed E-state index contributed by atoms with van der Waals surface area (Å²) in [6.45, 7) is 5.81. The molecule has 6 nitrogen and oxygen atoms in total. The summed E-state index contributed by atoms with van der Waals surface area (Å²) in [5, 5.41) is 0.799. The average Bonchev–Trinajstić information content (AvgIpc) is 3.05. The maximum absolute atomic E-state index is 12.5. The minimum atomic E-state index is -0.889. The molecular formula is C18H20O6. The minimum Gasteiger partial charge on any atom is -0.460 e. The molecule has 1 aliphatic heterocycles. The Kier molecular flexibility index (Phi) is 4.57. The molecule has 0 amide bonds. The van der Waals surface area contributed by atoms with E-state index in [2.05, 4.69) is 0 Å². The van der Waals surface area contributed by atoms with Crippen LogP contribution in [0.25, 0.3) is 11.0 Å². The zero-order chi connectivity index (χ0) is 17.3. The fraction of sp³-hybridized carbons (Fsp3) is 0.444. The Morgan fingerprint density at radius 2 is 2.08 bits per heavy atom. The van der Waals surface area contributed by atoms with E-state index in [0.717, 1.165) is 5.39 Å². The van der Waals surface area contributed by atoms with E-state index in [1.165, 1.54) is 0 Å². The van der Waals surface area contributed by atoms with Crippen LogP contribution in [-0.2, 0) is 25.6 Å². The molecule has 24 heavy (non-hydrogen) atoms. The van der Waals surface area contributed by atoms with Crippen LogP contribution in [0.4, 0.5) is 0 Å². The molecule has 0 N–H and O–H groups in total. The van der Waals surface area contributed by atoms with Gasteiger partial charge in [-0.3, -0.25) is 0 Å². The van der Waals surface area contributed by atoms with Crippen molar-refractivity contribution in [3.05, 3.63) is 35.6 Å². The quantitative estimate of drug-likeness (QED) is 0.783. The number of para-hydroxylation sites is 1. The standard InChI is InChI=1S/C18H20O6/c1-10(2)21-9-13-12-6-4-5-7-14(12)23-16(13)18(20)24-15-8-11(3)22-17(15)19/h4-7,10-11,15H,8-9H2,1-3H3/t11-,15+/m1/s1. The number of hydrogen-bond donors (Lipinski definition) is 0. The van der Waals surface area contributed by atoms with Crippen molar-refractivity contribution in [3.8, 4) is 0 Å². The Morgan fingerprint density at radius 3 is 2.75 bits per heavy atom. The topological polar surface area (TPSA) is 75.0 Å². The number of carbonyl (C=O) groups is 2. The molecule has 0 unspecified atom stereocenters. The first-order valence-electron chi connectivity index (χ1n) is 7.99. The first kappa shape index (κ1) is 16.5. The highest BCUT2D eigenvalue weighted by molar-refractivity contribution is 5.97. The Bertz CT molecular complexity index is 760. The number of ether oxygens (including phenoxy) is 3. The molecule has 1 saturated heterocycles. The molecule has 2 atom stereocenters. The SMILES string of the molecule is CC(C)OCc1c(C(=O)O[C@H]2C[C@@H](C)OC2=O)oc2ccccc12. The van der Waals surface area contributed by atoms with Gasteiger partial charge in [0.25, 0.3) is 0 Å². The van der Waals surface area contributed by atoms with E-state index in [1.807, 2.05) is 32.0 Å². The van der Waals surface area contributed by atoms with Gasteiger partial charge in [0, 0.05) is 17.4 Å². The zero-order valence-electron chi connectivity index (χ0n) is 13.9. The first-order chi connectivity index (χ1) is 11.5. The van der Waals surface area contributed by atoms with Gasteiger partial charge in [0.05, 0.1) is 12.7 Å². The molecule has 2 aromatic rings. The van der Waals surface area contributed by atoms with E-state index < -0.39 is 18.0 Å². The van der Waals surface area contributed by atoms with Crippen LogP contribution < -0.4 is 0 Å². The number of carbonyl (C=O) groups excluding carboxylic acids is 2. The van der Waals surface area contributed by atoms with Crippen molar-refractivity contribution in [1.29, 1.82) is 0 Å². The van der Waals surface area contributed by atoms with E-state index in [4.69, 9.17) is 18.6 Å². The number of cyclic esters (lactones) is 1. The van der Waals surface area contributed by atoms with Crippen molar-refractivity contribution in [3.63, 3.8) is 0 Å². The van der Waals surface area contributed by atoms with E-state index in [1.54, 1.807) is 13.0 Å². The fourth-order valence-electron chi connectivity index (χ4n) is 2.66. The summed E-state index contributed by atoms with van der Waals surface area (Å²) in [5.74, 6) is -1.12. The lowest BCUT2D eigenvalue weighted by molar-refractivity contribution is -0.147. The van der Waals surface area contributed by atoms with Gasteiger partial charge in [-0.25, -0.2) is 9.59 Å². The number of benzene rings is 1. The van der Waals surface area contributed by atoms with Crippen molar-refractivity contribution in [2.24, 2.45) is 0 Å². The van der Waals surface area contributed by atoms with Gasteiger partial charge in [0.2, 0.25) is 11.9 Å². The van der Waals surface area contributed by atoms with Gasteiger partial charge in [0.15, 0.2) is 0 Å². The molecule has 1 aromatic heterocycles. The third-order valence-corrected chi connectivity index (χ3v) is 3.82. The van der Waals surface area contributed by atoms with Crippen molar-refractivity contribution in [1.82, 2.24) is 0 Å². The second kappa shape index (κ2) is 6.65. The molecule has 1 aromatic carbocycles. The van der Waals surface area contributed by atoms with Gasteiger partial charge >= 0.3 is 11.9 Å². The molecule has 3 rings (SSSR count). The molecule has 0 saturated carbocycles. The molecule has 0 aliphatic carbocycles. The van der Waals surface area contributed by atoms with Crippen LogP contribution >= 0.6 is 0 Å². The highest BCUT2D eigenvalue weighted by atomic mass is 16.6. The molecule has 6 heteroatoms. The van der Waals surface area contributed by atoms with Crippen molar-refractivity contribution >= 4 is 22.9 Å². The van der Waals surface area contributed by atoms with Gasteiger partial charge in [-0.15, -0.1) is 0 Å². The molecule has 0 spiro atoms. The van der Waals surface area contributed by atoms with Gasteiger partial charge in [-0.2, -0.15) is 0 Å². The summed E-state index contributed by atoms with van der Waals surface area (Å²) < 4.78 is 21.6. The van der Waals surface area contributed by atoms with Crippen LogP contribution in [0.1, 0.15) is 43.3 Å². The Morgan fingerprint density at radius 1 is 1.33 bits per heavy atom. The van der Waals surface area contributed by atoms with Gasteiger partial charge in [-0.05, 0) is 26.8 Å². The normalized spacial score (nSPS) is 20.6. The van der Waals surface area contributed by atoms with Crippen LogP contribution in [0, 0.1) is 0 Å². The van der Waals surface area contributed by atoms with E-state index in [0.29, 0.717) is 17.6 Å². The summed E-state index contributed by atoms with van der Waals surface area (Å²) in [7, 11) is 0. The lowest BCUT2D eigenvalue weighted by Crippen LogP contribution is -2.23. The third kappa shape index (κ3) is 3.28. The highest BCUT2D eigenvalue weighted by Crippen LogP contribution is 2.29. The van der Waals surface area contributed by atoms with Gasteiger partial charge in [0.1, 0.15) is 11.7 Å². The van der Waals surface area contributed by atoms with E-state index in [-0.39, 0.29) is 24.6 Å². The summed E-state index contributed by atoms with van der Waals surface area (Å²) in [5.41, 5.74) is 1.21. The Balaban J connectivity index is 1.88. The lowest BCUT2D eigenvalue weighted by Gasteiger charge is -2.10. The molecule has 1 fully saturated rings. The number of fused-ring (bicyclic) bond motifs is 1. The second-order valence-electron chi connectivity index (χ2n) is 6.14. The van der Waals surface area contributed by atoms with Crippen LogP contribution in [0.3, 0.4) is 0 Å². The van der Waals surface area contributed by atoms with Crippen molar-refractivity contribution in [2.45, 2.75) is 52.1 Å². The average molecular weight is 332 g/mol. The number of hydrogen-bond acceptors (Lipinski definition) is 6. The highest BCUT2D eigenvalue weighted by Gasteiger charge is 2.36. The van der Waals surface area contributed by atoms with Crippen LogP contribution in [-0.4, -0.2) is 30.3 Å². The largest absolute Gasteiger partial charge is 0.460 e. The van der Waals surface area contributed by atoms with Crippen LogP contribution in [0.2, 0.25) is 0 Å². The Labute approximate surface area is 139 Å². The molecule has 128 valence electrons. The fourth-order valence-corrected chi connectivity index (χ4v) is 2.66. The third-order valence-electron chi connectivity index (χ3n) is 3.82. The first-order valence-corrected chi connectivity index (χ1v) is 7.99. The maximum Gasteiger partial charge on any atom is 0.375 e. The molecule has 0 radical (unpaired) electrons. The van der Waals surface area contributed by atoms with Gasteiger partial charge < -0.3 is 18.6 Å². The summed E-state index contributed by atoms with van der Waals surface area (Å²) in [4.78, 5) is 24.2. The van der Waals surface area contributed by atoms with E-state index >= 15 is 0 Å². The summed E-state index contributed by atoms with van der Waals surface area (Å²) in [6.07, 6.45) is -0.787. The molecule has 1 aliphatic rings. The smallest absolute Gasteiger partial charge is 0.375 e. The Hall–Kier alpha value is -2.34. The maximum atomic E-state index is 12.5. The van der Waals surface area contributed by atoms with Crippen LogP contribution in [0.5, 0.6) is 0 Å². The van der Waals surface area contributed by atoms with Crippen molar-refractivity contribution in [2.75, 3.05) is 0 Å². The predicted octanol–water partition coefficient (Wildman–Crippen LogP) is 3.22. The minimum absolute atomic E-state index is 0.00759. The predicted molar refractivity (Wildman–Crippen MR) is 85.5 cm³/mol. The van der Waals surface area contributed by atoms with Gasteiger partial charge in [-0.1, -0.05) is 18.2 Å². The summed E-state index contributed by atoms with van der Waals surface area (Å²) >= 11 is 0.